The van der Waals surface area contributed by atoms with E-state index in [1.165, 1.54) is 6.07 Å². The first-order valence-electron chi connectivity index (χ1n) is 10.7. The lowest BCUT2D eigenvalue weighted by atomic mass is 9.74. The summed E-state index contributed by atoms with van der Waals surface area (Å²) in [7, 11) is -4.41. The number of rotatable bonds is 6. The van der Waals surface area contributed by atoms with Crippen molar-refractivity contribution in [1.82, 2.24) is 4.98 Å². The molecule has 2 aliphatic rings. The zero-order valence-corrected chi connectivity index (χ0v) is 19.3. The molecule has 1 aromatic heterocycles. The third-order valence-electron chi connectivity index (χ3n) is 6.06. The average molecular weight is 474 g/mol. The van der Waals surface area contributed by atoms with E-state index in [4.69, 9.17) is 16.3 Å². The highest BCUT2D eigenvalue weighted by Gasteiger charge is 2.47. The third kappa shape index (κ3) is 4.78. The van der Waals surface area contributed by atoms with Crippen molar-refractivity contribution in [2.75, 3.05) is 5.75 Å². The molecule has 1 aromatic carbocycles. The van der Waals surface area contributed by atoms with Gasteiger partial charge in [-0.05, 0) is 72.4 Å². The first-order chi connectivity index (χ1) is 15.3. The molecule has 0 unspecified atom stereocenters. The Morgan fingerprint density at radius 2 is 2.16 bits per heavy atom. The van der Waals surface area contributed by atoms with Crippen LogP contribution in [0.15, 0.2) is 53.7 Å². The number of benzene rings is 1. The quantitative estimate of drug-likeness (QED) is 0.483. The van der Waals surface area contributed by atoms with Crippen molar-refractivity contribution >= 4 is 40.2 Å². The predicted molar refractivity (Wildman–Crippen MR) is 127 cm³/mol. The van der Waals surface area contributed by atoms with E-state index in [-0.39, 0.29) is 17.8 Å². The highest BCUT2D eigenvalue weighted by Crippen LogP contribution is 2.41. The van der Waals surface area contributed by atoms with Crippen molar-refractivity contribution in [3.63, 3.8) is 0 Å². The van der Waals surface area contributed by atoms with Crippen LogP contribution in [0.1, 0.15) is 37.4 Å². The van der Waals surface area contributed by atoms with Crippen molar-refractivity contribution in [2.45, 2.75) is 43.9 Å². The Kier molecular flexibility index (Phi) is 6.76. The summed E-state index contributed by atoms with van der Waals surface area (Å²) >= 11 is 6.31. The fourth-order valence-electron chi connectivity index (χ4n) is 4.52. The third-order valence-corrected chi connectivity index (χ3v) is 8.45. The maximum atomic E-state index is 12.7. The van der Waals surface area contributed by atoms with Gasteiger partial charge in [0, 0.05) is 12.5 Å². The SMILES string of the molecule is CCC1=C2[C@@H](CC/C(=C/c3ccc(O)cc3Cl)c3ccccn3)OB(O)C[C@@H]2S(=O)(=O)C1. The zero-order chi connectivity index (χ0) is 22.9. The standard InChI is InChI=1S/C23H25BClNO5S/c1-2-15-14-32(29,30)22-13-24(28)31-21(23(15)22)9-7-17(20-5-3-4-10-26-20)11-16-6-8-18(27)12-19(16)25/h3-6,8,10-12,21-22,27-28H,2,7,9,13-14H2,1H3/b17-11-/t21-,22+/m1/s1. The molecule has 4 rings (SSSR count). The molecule has 1 fully saturated rings. The second-order valence-corrected chi connectivity index (χ2v) is 10.7. The zero-order valence-electron chi connectivity index (χ0n) is 17.7. The first-order valence-corrected chi connectivity index (χ1v) is 12.7. The number of aromatic nitrogens is 1. The number of phenols is 1. The van der Waals surface area contributed by atoms with Crippen LogP contribution in [-0.2, 0) is 14.5 Å². The maximum Gasteiger partial charge on any atom is 0.456 e. The molecule has 2 aliphatic heterocycles. The molecule has 6 nitrogen and oxygen atoms in total. The topological polar surface area (TPSA) is 96.7 Å². The lowest BCUT2D eigenvalue weighted by Crippen LogP contribution is -2.41. The van der Waals surface area contributed by atoms with E-state index in [0.29, 0.717) is 24.3 Å². The minimum absolute atomic E-state index is 0.0438. The van der Waals surface area contributed by atoms with E-state index in [1.807, 2.05) is 31.2 Å². The highest BCUT2D eigenvalue weighted by atomic mass is 35.5. The summed E-state index contributed by atoms with van der Waals surface area (Å²) in [6.45, 7) is 1.95. The summed E-state index contributed by atoms with van der Waals surface area (Å²) in [4.78, 5) is 4.46. The Morgan fingerprint density at radius 1 is 1.34 bits per heavy atom. The molecule has 1 saturated heterocycles. The maximum absolute atomic E-state index is 12.7. The molecule has 2 atom stereocenters. The number of allylic oxidation sites excluding steroid dienone is 1. The number of hydrogen-bond acceptors (Lipinski definition) is 6. The number of fused-ring (bicyclic) bond motifs is 1. The molecule has 32 heavy (non-hydrogen) atoms. The Bertz CT molecular complexity index is 1170. The molecule has 3 heterocycles. The monoisotopic (exact) mass is 473 g/mol. The number of sulfone groups is 1. The van der Waals surface area contributed by atoms with Gasteiger partial charge in [0.2, 0.25) is 0 Å². The van der Waals surface area contributed by atoms with Crippen LogP contribution in [0.5, 0.6) is 5.75 Å². The highest BCUT2D eigenvalue weighted by molar-refractivity contribution is 7.92. The van der Waals surface area contributed by atoms with Gasteiger partial charge in [0.15, 0.2) is 9.84 Å². The van der Waals surface area contributed by atoms with E-state index in [9.17, 15) is 18.5 Å². The number of nitrogens with zero attached hydrogens (tertiary/aromatic N) is 1. The van der Waals surface area contributed by atoms with Gasteiger partial charge in [0.1, 0.15) is 5.75 Å². The van der Waals surface area contributed by atoms with Crippen LogP contribution < -0.4 is 0 Å². The summed E-state index contributed by atoms with van der Waals surface area (Å²) in [6, 6.07) is 10.4. The summed E-state index contributed by atoms with van der Waals surface area (Å²) in [5.74, 6) is 0.130. The van der Waals surface area contributed by atoms with Crippen molar-refractivity contribution in [2.24, 2.45) is 0 Å². The average Bonchev–Trinajstić information content (AvgIpc) is 3.03. The summed E-state index contributed by atoms with van der Waals surface area (Å²) in [5.41, 5.74) is 4.13. The summed E-state index contributed by atoms with van der Waals surface area (Å²) in [5, 5.41) is 19.6. The van der Waals surface area contributed by atoms with Gasteiger partial charge in [0.05, 0.1) is 27.8 Å². The summed E-state index contributed by atoms with van der Waals surface area (Å²) < 4.78 is 31.1. The number of aromatic hydroxyl groups is 1. The molecule has 0 aliphatic carbocycles. The van der Waals surface area contributed by atoms with Gasteiger partial charge in [-0.15, -0.1) is 0 Å². The fraction of sp³-hybridized carbons (Fsp3) is 0.348. The molecule has 0 spiro atoms. The molecule has 0 radical (unpaired) electrons. The van der Waals surface area contributed by atoms with Gasteiger partial charge in [0.25, 0.3) is 0 Å². The molecule has 168 valence electrons. The Balaban J connectivity index is 1.65. The van der Waals surface area contributed by atoms with E-state index < -0.39 is 28.3 Å². The molecule has 0 saturated carbocycles. The molecule has 2 aromatic rings. The second kappa shape index (κ2) is 9.39. The van der Waals surface area contributed by atoms with Crippen molar-refractivity contribution in [3.05, 3.63) is 70.0 Å². The molecule has 2 N–H and O–H groups in total. The van der Waals surface area contributed by atoms with Crippen molar-refractivity contribution in [1.29, 1.82) is 0 Å². The predicted octanol–water partition coefficient (Wildman–Crippen LogP) is 4.14. The summed E-state index contributed by atoms with van der Waals surface area (Å²) in [6.07, 6.45) is 4.93. The van der Waals surface area contributed by atoms with Gasteiger partial charge < -0.3 is 14.8 Å². The Hall–Kier alpha value is -2.13. The van der Waals surface area contributed by atoms with Crippen LogP contribution in [0.2, 0.25) is 11.3 Å². The van der Waals surface area contributed by atoms with Crippen LogP contribution in [0, 0.1) is 0 Å². The molecule has 0 amide bonds. The van der Waals surface area contributed by atoms with Crippen LogP contribution in [0.25, 0.3) is 11.6 Å². The minimum Gasteiger partial charge on any atom is -0.508 e. The van der Waals surface area contributed by atoms with Gasteiger partial charge in [-0.2, -0.15) is 0 Å². The van der Waals surface area contributed by atoms with Crippen LogP contribution in [-0.4, -0.2) is 47.8 Å². The Labute approximate surface area is 193 Å². The normalized spacial score (nSPS) is 22.8. The van der Waals surface area contributed by atoms with Crippen molar-refractivity contribution in [3.8, 4) is 5.75 Å². The Morgan fingerprint density at radius 3 is 2.84 bits per heavy atom. The molecular formula is C23H25BClNO5S. The molecule has 9 heteroatoms. The van der Waals surface area contributed by atoms with E-state index in [1.54, 1.807) is 18.3 Å². The lowest BCUT2D eigenvalue weighted by Gasteiger charge is -2.32. The van der Waals surface area contributed by atoms with Gasteiger partial charge in [-0.25, -0.2) is 8.42 Å². The van der Waals surface area contributed by atoms with Crippen LogP contribution >= 0.6 is 11.6 Å². The second-order valence-electron chi connectivity index (χ2n) is 8.15. The van der Waals surface area contributed by atoms with Crippen LogP contribution in [0.4, 0.5) is 0 Å². The van der Waals surface area contributed by atoms with Crippen LogP contribution in [0.3, 0.4) is 0 Å². The number of halogens is 1. The number of hydrogen-bond donors (Lipinski definition) is 2. The van der Waals surface area contributed by atoms with Gasteiger partial charge in [-0.1, -0.05) is 30.2 Å². The van der Waals surface area contributed by atoms with Gasteiger partial charge >= 0.3 is 7.12 Å². The number of pyridine rings is 1. The first kappa shape index (κ1) is 23.0. The van der Waals surface area contributed by atoms with Crippen molar-refractivity contribution < 1.29 is 23.2 Å². The molecule has 0 bridgehead atoms. The lowest BCUT2D eigenvalue weighted by molar-refractivity contribution is 0.171. The van der Waals surface area contributed by atoms with E-state index in [2.05, 4.69) is 4.98 Å². The largest absolute Gasteiger partial charge is 0.508 e. The fourth-order valence-corrected chi connectivity index (χ4v) is 6.97. The van der Waals surface area contributed by atoms with Gasteiger partial charge in [-0.3, -0.25) is 4.98 Å². The van der Waals surface area contributed by atoms with E-state index >= 15 is 0 Å². The smallest absolute Gasteiger partial charge is 0.456 e. The van der Waals surface area contributed by atoms with E-state index in [0.717, 1.165) is 28.0 Å². The minimum atomic E-state index is -3.31. The number of phenolic OH excluding ortho intramolecular Hbond substituents is 1. The molecular weight excluding hydrogens is 449 g/mol.